The van der Waals surface area contributed by atoms with Crippen molar-refractivity contribution in [1.29, 1.82) is 0 Å². The Bertz CT molecular complexity index is 597. The molecule has 0 bridgehead atoms. The summed E-state index contributed by atoms with van der Waals surface area (Å²) in [7, 11) is 1.70. The third-order valence-electron chi connectivity index (χ3n) is 3.91. The van der Waals surface area contributed by atoms with Crippen molar-refractivity contribution in [3.63, 3.8) is 0 Å². The zero-order chi connectivity index (χ0) is 14.5. The maximum absolute atomic E-state index is 5.70. The van der Waals surface area contributed by atoms with Crippen molar-refractivity contribution >= 4 is 0 Å². The van der Waals surface area contributed by atoms with E-state index in [1.54, 1.807) is 7.11 Å². The molecule has 0 amide bonds. The van der Waals surface area contributed by atoms with Crippen LogP contribution in [0.4, 0.5) is 0 Å². The maximum atomic E-state index is 5.70. The van der Waals surface area contributed by atoms with Gasteiger partial charge in [0, 0.05) is 18.0 Å². The van der Waals surface area contributed by atoms with Gasteiger partial charge in [-0.25, -0.2) is 0 Å². The molecule has 1 aliphatic rings. The van der Waals surface area contributed by atoms with Crippen LogP contribution in [0, 0.1) is 0 Å². The van der Waals surface area contributed by atoms with Crippen LogP contribution in [-0.2, 0) is 6.42 Å². The van der Waals surface area contributed by atoms with E-state index in [0.29, 0.717) is 5.92 Å². The van der Waals surface area contributed by atoms with Crippen molar-refractivity contribution in [2.45, 2.75) is 12.3 Å². The topological polar surface area (TPSA) is 30.5 Å². The second-order valence-electron chi connectivity index (χ2n) is 5.35. The fourth-order valence-corrected chi connectivity index (χ4v) is 2.74. The van der Waals surface area contributed by atoms with Gasteiger partial charge in [-0.05, 0) is 36.7 Å². The molecule has 2 aromatic rings. The molecule has 1 N–H and O–H groups in total. The highest BCUT2D eigenvalue weighted by Gasteiger charge is 2.22. The van der Waals surface area contributed by atoms with Crippen molar-refractivity contribution < 1.29 is 9.47 Å². The average molecular weight is 283 g/mol. The Kier molecular flexibility index (Phi) is 4.41. The summed E-state index contributed by atoms with van der Waals surface area (Å²) < 4.78 is 10.9. The van der Waals surface area contributed by atoms with Gasteiger partial charge in [0.05, 0.1) is 13.7 Å². The van der Waals surface area contributed by atoms with Crippen LogP contribution in [0.3, 0.4) is 0 Å². The number of benzene rings is 2. The van der Waals surface area contributed by atoms with Crippen molar-refractivity contribution in [2.24, 2.45) is 0 Å². The van der Waals surface area contributed by atoms with Crippen LogP contribution < -0.4 is 14.8 Å². The monoisotopic (exact) mass is 283 g/mol. The number of hydrogen-bond acceptors (Lipinski definition) is 3. The molecule has 0 saturated carbocycles. The quantitative estimate of drug-likeness (QED) is 0.827. The third-order valence-corrected chi connectivity index (χ3v) is 3.91. The minimum atomic E-state index is 0.464. The van der Waals surface area contributed by atoms with Gasteiger partial charge in [0.1, 0.15) is 11.5 Å². The normalized spacial score (nSPS) is 16.3. The lowest BCUT2D eigenvalue weighted by Gasteiger charge is -2.11. The number of para-hydroxylation sites is 1. The smallest absolute Gasteiger partial charge is 0.122 e. The van der Waals surface area contributed by atoms with Gasteiger partial charge in [-0.3, -0.25) is 0 Å². The van der Waals surface area contributed by atoms with E-state index in [0.717, 1.165) is 37.6 Å². The number of methoxy groups -OCH3 is 1. The lowest BCUT2D eigenvalue weighted by atomic mass is 10.0. The zero-order valence-corrected chi connectivity index (χ0v) is 12.3. The van der Waals surface area contributed by atoms with Gasteiger partial charge in [0.25, 0.3) is 0 Å². The minimum absolute atomic E-state index is 0.464. The van der Waals surface area contributed by atoms with Gasteiger partial charge in [-0.1, -0.05) is 30.3 Å². The summed E-state index contributed by atoms with van der Waals surface area (Å²) in [5.41, 5.74) is 2.62. The summed E-state index contributed by atoms with van der Waals surface area (Å²) in [6, 6.07) is 16.6. The lowest BCUT2D eigenvalue weighted by molar-refractivity contribution is 0.327. The molecule has 21 heavy (non-hydrogen) atoms. The SMILES string of the molecule is COc1cccc(CCNCC2COc3ccccc32)c1. The van der Waals surface area contributed by atoms with Crippen LogP contribution >= 0.6 is 0 Å². The summed E-state index contributed by atoms with van der Waals surface area (Å²) >= 11 is 0. The first kappa shape index (κ1) is 14.0. The van der Waals surface area contributed by atoms with Crippen LogP contribution in [0.1, 0.15) is 17.0 Å². The Balaban J connectivity index is 1.47. The van der Waals surface area contributed by atoms with Crippen LogP contribution in [0.25, 0.3) is 0 Å². The summed E-state index contributed by atoms with van der Waals surface area (Å²) in [4.78, 5) is 0. The molecular formula is C18H21NO2. The van der Waals surface area contributed by atoms with Crippen LogP contribution in [0.5, 0.6) is 11.5 Å². The van der Waals surface area contributed by atoms with Gasteiger partial charge in [-0.2, -0.15) is 0 Å². The van der Waals surface area contributed by atoms with E-state index >= 15 is 0 Å². The first-order valence-corrected chi connectivity index (χ1v) is 7.42. The first-order valence-electron chi connectivity index (χ1n) is 7.42. The Hall–Kier alpha value is -2.00. The van der Waals surface area contributed by atoms with Gasteiger partial charge in [-0.15, -0.1) is 0 Å². The lowest BCUT2D eigenvalue weighted by Crippen LogP contribution is -2.24. The van der Waals surface area contributed by atoms with Crippen LogP contribution in [0.2, 0.25) is 0 Å². The zero-order valence-electron chi connectivity index (χ0n) is 12.3. The van der Waals surface area contributed by atoms with Crippen LogP contribution in [0.15, 0.2) is 48.5 Å². The van der Waals surface area contributed by atoms with E-state index in [4.69, 9.17) is 9.47 Å². The molecule has 3 nitrogen and oxygen atoms in total. The predicted octanol–water partition coefficient (Wildman–Crippen LogP) is 3.00. The molecule has 1 aliphatic heterocycles. The van der Waals surface area contributed by atoms with E-state index in [9.17, 15) is 0 Å². The maximum Gasteiger partial charge on any atom is 0.122 e. The molecule has 0 saturated heterocycles. The minimum Gasteiger partial charge on any atom is -0.497 e. The first-order chi connectivity index (χ1) is 10.4. The molecule has 0 aromatic heterocycles. The summed E-state index contributed by atoms with van der Waals surface area (Å²) in [6.45, 7) is 2.71. The van der Waals surface area contributed by atoms with E-state index in [1.807, 2.05) is 24.3 Å². The Labute approximate surface area is 125 Å². The fraction of sp³-hybridized carbons (Fsp3) is 0.333. The second kappa shape index (κ2) is 6.64. The van der Waals surface area contributed by atoms with E-state index < -0.39 is 0 Å². The highest BCUT2D eigenvalue weighted by Crippen LogP contribution is 2.32. The average Bonchev–Trinajstić information content (AvgIpc) is 2.95. The summed E-state index contributed by atoms with van der Waals surface area (Å²) in [5, 5.41) is 3.53. The Morgan fingerprint density at radius 1 is 1.19 bits per heavy atom. The number of hydrogen-bond donors (Lipinski definition) is 1. The molecule has 0 radical (unpaired) electrons. The van der Waals surface area contributed by atoms with Gasteiger partial charge < -0.3 is 14.8 Å². The molecular weight excluding hydrogens is 262 g/mol. The fourth-order valence-electron chi connectivity index (χ4n) is 2.74. The van der Waals surface area contributed by atoms with Gasteiger partial charge in [0.15, 0.2) is 0 Å². The van der Waals surface area contributed by atoms with E-state index in [1.165, 1.54) is 11.1 Å². The molecule has 1 heterocycles. The molecule has 1 unspecified atom stereocenters. The molecule has 110 valence electrons. The molecule has 0 spiro atoms. The van der Waals surface area contributed by atoms with E-state index in [-0.39, 0.29) is 0 Å². The molecule has 0 fully saturated rings. The van der Waals surface area contributed by atoms with Crippen LogP contribution in [-0.4, -0.2) is 26.8 Å². The predicted molar refractivity (Wildman–Crippen MR) is 84.2 cm³/mol. The number of nitrogens with one attached hydrogen (secondary N) is 1. The van der Waals surface area contributed by atoms with Gasteiger partial charge >= 0.3 is 0 Å². The van der Waals surface area contributed by atoms with Crippen molar-refractivity contribution in [1.82, 2.24) is 5.32 Å². The number of fused-ring (bicyclic) bond motifs is 1. The number of ether oxygens (including phenoxy) is 2. The van der Waals surface area contributed by atoms with E-state index in [2.05, 4.69) is 29.6 Å². The molecule has 2 aromatic carbocycles. The molecule has 3 heteroatoms. The molecule has 1 atom stereocenters. The third kappa shape index (κ3) is 3.37. The number of rotatable bonds is 6. The largest absolute Gasteiger partial charge is 0.497 e. The highest BCUT2D eigenvalue weighted by atomic mass is 16.5. The summed E-state index contributed by atoms with van der Waals surface area (Å²) in [5.74, 6) is 2.43. The highest BCUT2D eigenvalue weighted by molar-refractivity contribution is 5.39. The van der Waals surface area contributed by atoms with Crippen molar-refractivity contribution in [3.05, 3.63) is 59.7 Å². The molecule has 3 rings (SSSR count). The summed E-state index contributed by atoms with van der Waals surface area (Å²) in [6.07, 6.45) is 1.01. The Morgan fingerprint density at radius 3 is 3.00 bits per heavy atom. The van der Waals surface area contributed by atoms with Gasteiger partial charge in [0.2, 0.25) is 0 Å². The Morgan fingerprint density at radius 2 is 2.10 bits per heavy atom. The molecule has 0 aliphatic carbocycles. The second-order valence-corrected chi connectivity index (χ2v) is 5.35. The van der Waals surface area contributed by atoms with Crippen molar-refractivity contribution in [3.8, 4) is 11.5 Å². The van der Waals surface area contributed by atoms with Crippen molar-refractivity contribution in [2.75, 3.05) is 26.8 Å². The standard InChI is InChI=1S/C18H21NO2/c1-20-16-6-4-5-14(11-16)9-10-19-12-15-13-21-18-8-3-2-7-17(15)18/h2-8,11,15,19H,9-10,12-13H2,1H3.